The molecule has 21 heavy (non-hydrogen) atoms. The fourth-order valence-electron chi connectivity index (χ4n) is 2.35. The molecule has 116 valence electrons. The average molecular weight is 292 g/mol. The third kappa shape index (κ3) is 4.36. The van der Waals surface area contributed by atoms with Crippen molar-refractivity contribution in [3.05, 3.63) is 29.8 Å². The molecule has 2 rings (SSSR count). The monoisotopic (exact) mass is 292 g/mol. The molecule has 0 aromatic heterocycles. The number of aryl methyl sites for hydroxylation is 1. The van der Waals surface area contributed by atoms with Crippen molar-refractivity contribution in [2.24, 2.45) is 0 Å². The number of aliphatic hydroxyl groups excluding tert-OH is 1. The molecule has 1 aromatic rings. The Balaban J connectivity index is 1.96. The molecule has 1 aromatic carbocycles. The molecule has 0 bridgehead atoms. The molecule has 1 heterocycles. The summed E-state index contributed by atoms with van der Waals surface area (Å²) in [6.07, 6.45) is -0.979. The van der Waals surface area contributed by atoms with Crippen LogP contribution in [0, 0.1) is 6.92 Å². The van der Waals surface area contributed by atoms with Gasteiger partial charge in [-0.05, 0) is 45.4 Å². The third-order valence-electron chi connectivity index (χ3n) is 3.31. The summed E-state index contributed by atoms with van der Waals surface area (Å²) in [5, 5.41) is 13.4. The number of anilines is 1. The summed E-state index contributed by atoms with van der Waals surface area (Å²) < 4.78 is 5.34. The van der Waals surface area contributed by atoms with Crippen molar-refractivity contribution in [2.45, 2.75) is 45.4 Å². The topological polar surface area (TPSA) is 61.8 Å². The number of hydrogen-bond donors (Lipinski definition) is 2. The summed E-state index contributed by atoms with van der Waals surface area (Å²) >= 11 is 0. The van der Waals surface area contributed by atoms with E-state index in [1.165, 1.54) is 0 Å². The van der Waals surface area contributed by atoms with E-state index >= 15 is 0 Å². The van der Waals surface area contributed by atoms with Crippen molar-refractivity contribution < 1.29 is 14.6 Å². The minimum absolute atomic E-state index is 0.181. The molecule has 0 unspecified atom stereocenters. The molecule has 5 heteroatoms. The zero-order valence-electron chi connectivity index (χ0n) is 13.1. The van der Waals surface area contributed by atoms with Gasteiger partial charge in [-0.3, -0.25) is 0 Å². The Kier molecular flexibility index (Phi) is 4.42. The van der Waals surface area contributed by atoms with E-state index in [1.807, 2.05) is 52.0 Å². The van der Waals surface area contributed by atoms with Gasteiger partial charge in [0.1, 0.15) is 5.60 Å². The molecular weight excluding hydrogens is 268 g/mol. The van der Waals surface area contributed by atoms with E-state index in [9.17, 15) is 9.90 Å². The number of carbonyl (C=O) groups is 1. The van der Waals surface area contributed by atoms with Crippen molar-refractivity contribution in [1.82, 2.24) is 4.90 Å². The Hall–Kier alpha value is -1.75. The number of rotatable bonds is 2. The van der Waals surface area contributed by atoms with Gasteiger partial charge in [-0.25, -0.2) is 4.79 Å². The number of ether oxygens (including phenoxy) is 1. The SMILES string of the molecule is Cc1cccc(N[C@H]2CN(C(=O)OC(C)(C)C)C[C@@H]2O)c1. The third-order valence-corrected chi connectivity index (χ3v) is 3.31. The Labute approximate surface area is 125 Å². The summed E-state index contributed by atoms with van der Waals surface area (Å²) in [4.78, 5) is 13.6. The minimum Gasteiger partial charge on any atom is -0.444 e. The van der Waals surface area contributed by atoms with Crippen LogP contribution in [0.3, 0.4) is 0 Å². The van der Waals surface area contributed by atoms with Crippen LogP contribution in [-0.2, 0) is 4.74 Å². The fraction of sp³-hybridized carbons (Fsp3) is 0.562. The van der Waals surface area contributed by atoms with E-state index in [4.69, 9.17) is 4.74 Å². The van der Waals surface area contributed by atoms with E-state index in [2.05, 4.69) is 5.32 Å². The Bertz CT molecular complexity index is 510. The average Bonchev–Trinajstić information content (AvgIpc) is 2.69. The largest absolute Gasteiger partial charge is 0.444 e. The number of nitrogens with zero attached hydrogens (tertiary/aromatic N) is 1. The molecule has 0 saturated carbocycles. The molecule has 0 spiro atoms. The molecule has 1 amide bonds. The summed E-state index contributed by atoms with van der Waals surface area (Å²) in [6.45, 7) is 8.24. The number of benzene rings is 1. The molecule has 1 saturated heterocycles. The molecule has 0 radical (unpaired) electrons. The van der Waals surface area contributed by atoms with Crippen LogP contribution >= 0.6 is 0 Å². The lowest BCUT2D eigenvalue weighted by molar-refractivity contribution is 0.0270. The number of amides is 1. The van der Waals surface area contributed by atoms with Gasteiger partial charge in [0.15, 0.2) is 0 Å². The highest BCUT2D eigenvalue weighted by molar-refractivity contribution is 5.69. The predicted octanol–water partition coefficient (Wildman–Crippen LogP) is 2.39. The minimum atomic E-state index is -0.599. The number of nitrogens with one attached hydrogen (secondary N) is 1. The van der Waals surface area contributed by atoms with Crippen LogP contribution in [-0.4, -0.2) is 46.9 Å². The second kappa shape index (κ2) is 5.93. The van der Waals surface area contributed by atoms with Gasteiger partial charge in [0.25, 0.3) is 0 Å². The van der Waals surface area contributed by atoms with E-state index in [-0.39, 0.29) is 12.1 Å². The van der Waals surface area contributed by atoms with E-state index in [0.29, 0.717) is 13.1 Å². The fourth-order valence-corrected chi connectivity index (χ4v) is 2.35. The molecule has 1 aliphatic heterocycles. The number of aliphatic hydroxyl groups is 1. The lowest BCUT2D eigenvalue weighted by Crippen LogP contribution is -2.36. The quantitative estimate of drug-likeness (QED) is 0.878. The van der Waals surface area contributed by atoms with E-state index < -0.39 is 11.7 Å². The van der Waals surface area contributed by atoms with Crippen LogP contribution in [0.5, 0.6) is 0 Å². The summed E-state index contributed by atoms with van der Waals surface area (Å²) in [5.41, 5.74) is 1.57. The lowest BCUT2D eigenvalue weighted by Gasteiger charge is -2.24. The number of β-amino-alcohol motifs (C(OH)–C–C–N with tert-alkyl or cyclic N) is 1. The smallest absolute Gasteiger partial charge is 0.410 e. The van der Waals surface area contributed by atoms with Crippen molar-refractivity contribution in [3.63, 3.8) is 0 Å². The Morgan fingerprint density at radius 3 is 2.71 bits per heavy atom. The number of carbonyl (C=O) groups excluding carboxylic acids is 1. The second-order valence-electron chi connectivity index (χ2n) is 6.57. The molecular formula is C16H24N2O3. The van der Waals surface area contributed by atoms with Crippen LogP contribution in [0.1, 0.15) is 26.3 Å². The van der Waals surface area contributed by atoms with Gasteiger partial charge in [-0.1, -0.05) is 12.1 Å². The van der Waals surface area contributed by atoms with Crippen LogP contribution < -0.4 is 5.32 Å². The lowest BCUT2D eigenvalue weighted by atomic mass is 10.1. The first kappa shape index (κ1) is 15.6. The van der Waals surface area contributed by atoms with Gasteiger partial charge in [-0.15, -0.1) is 0 Å². The van der Waals surface area contributed by atoms with Gasteiger partial charge in [0.2, 0.25) is 0 Å². The zero-order valence-corrected chi connectivity index (χ0v) is 13.1. The van der Waals surface area contributed by atoms with E-state index in [1.54, 1.807) is 4.90 Å². The molecule has 5 nitrogen and oxygen atoms in total. The number of hydrogen-bond acceptors (Lipinski definition) is 4. The van der Waals surface area contributed by atoms with Crippen molar-refractivity contribution in [3.8, 4) is 0 Å². The van der Waals surface area contributed by atoms with Crippen LogP contribution in [0.15, 0.2) is 24.3 Å². The maximum absolute atomic E-state index is 12.0. The highest BCUT2D eigenvalue weighted by Crippen LogP contribution is 2.19. The van der Waals surface area contributed by atoms with Crippen molar-refractivity contribution >= 4 is 11.8 Å². The molecule has 1 aliphatic rings. The van der Waals surface area contributed by atoms with Gasteiger partial charge < -0.3 is 20.1 Å². The summed E-state index contributed by atoms with van der Waals surface area (Å²) in [5.74, 6) is 0. The zero-order chi connectivity index (χ0) is 15.6. The molecule has 0 aliphatic carbocycles. The highest BCUT2D eigenvalue weighted by Gasteiger charge is 2.36. The molecule has 1 fully saturated rings. The maximum atomic E-state index is 12.0. The first-order chi connectivity index (χ1) is 9.74. The van der Waals surface area contributed by atoms with Gasteiger partial charge in [0, 0.05) is 12.2 Å². The normalized spacial score (nSPS) is 22.2. The standard InChI is InChI=1S/C16H24N2O3/c1-11-6-5-7-12(8-11)17-13-9-18(10-14(13)19)15(20)21-16(2,3)4/h5-8,13-14,17,19H,9-10H2,1-4H3/t13-,14-/m0/s1. The first-order valence-electron chi connectivity index (χ1n) is 7.24. The molecule has 2 atom stereocenters. The Morgan fingerprint density at radius 2 is 2.10 bits per heavy atom. The molecule has 2 N–H and O–H groups in total. The van der Waals surface area contributed by atoms with E-state index in [0.717, 1.165) is 11.3 Å². The predicted molar refractivity (Wildman–Crippen MR) is 82.4 cm³/mol. The van der Waals surface area contributed by atoms with Gasteiger partial charge in [-0.2, -0.15) is 0 Å². The first-order valence-corrected chi connectivity index (χ1v) is 7.24. The Morgan fingerprint density at radius 1 is 1.38 bits per heavy atom. The van der Waals surface area contributed by atoms with Crippen LogP contribution in [0.25, 0.3) is 0 Å². The summed E-state index contributed by atoms with van der Waals surface area (Å²) in [7, 11) is 0. The highest BCUT2D eigenvalue weighted by atomic mass is 16.6. The second-order valence-corrected chi connectivity index (χ2v) is 6.57. The van der Waals surface area contributed by atoms with Crippen molar-refractivity contribution in [2.75, 3.05) is 18.4 Å². The van der Waals surface area contributed by atoms with Gasteiger partial charge >= 0.3 is 6.09 Å². The summed E-state index contributed by atoms with van der Waals surface area (Å²) in [6, 6.07) is 7.77. The number of likely N-dealkylation sites (tertiary alicyclic amines) is 1. The van der Waals surface area contributed by atoms with Gasteiger partial charge in [0.05, 0.1) is 18.7 Å². The maximum Gasteiger partial charge on any atom is 0.410 e. The van der Waals surface area contributed by atoms with Crippen molar-refractivity contribution in [1.29, 1.82) is 0 Å². The van der Waals surface area contributed by atoms with Crippen LogP contribution in [0.4, 0.5) is 10.5 Å². The van der Waals surface area contributed by atoms with Crippen LogP contribution in [0.2, 0.25) is 0 Å².